The third-order valence-electron chi connectivity index (χ3n) is 3.61. The van der Waals surface area contributed by atoms with Gasteiger partial charge in [0.15, 0.2) is 0 Å². The van der Waals surface area contributed by atoms with Gasteiger partial charge in [-0.2, -0.15) is 0 Å². The molecule has 23 heavy (non-hydrogen) atoms. The molecule has 1 aromatic carbocycles. The summed E-state index contributed by atoms with van der Waals surface area (Å²) in [4.78, 5) is 19.2. The molecule has 0 bridgehead atoms. The third kappa shape index (κ3) is 3.37. The molecule has 116 valence electrons. The van der Waals surface area contributed by atoms with Gasteiger partial charge in [0.2, 0.25) is 0 Å². The van der Waals surface area contributed by atoms with E-state index in [9.17, 15) is 4.79 Å². The minimum atomic E-state index is -0.182. The van der Waals surface area contributed by atoms with Crippen LogP contribution in [0.5, 0.6) is 0 Å². The van der Waals surface area contributed by atoms with Crippen molar-refractivity contribution in [1.29, 1.82) is 0 Å². The predicted octanol–water partition coefficient (Wildman–Crippen LogP) is 3.42. The molecule has 1 amide bonds. The molecule has 0 unspecified atom stereocenters. The lowest BCUT2D eigenvalue weighted by atomic mass is 10.1. The highest BCUT2D eigenvalue weighted by Gasteiger charge is 2.12. The zero-order chi connectivity index (χ0) is 16.2. The summed E-state index contributed by atoms with van der Waals surface area (Å²) in [5, 5.41) is 2.96. The van der Waals surface area contributed by atoms with Crippen LogP contribution in [0, 0.1) is 4.64 Å². The first-order chi connectivity index (χ1) is 11.1. The molecule has 5 nitrogen and oxygen atoms in total. The standard InChI is InChI=1S/C17H16N4OS/c1-12(20-16(22)15-3-2-8-19-17(15)23)13-4-6-14(7-5-13)21-10-9-18-11-21/h2-12H,1H3,(H,19,23)(H,20,22)/t12-/m1/s1. The van der Waals surface area contributed by atoms with Gasteiger partial charge >= 0.3 is 0 Å². The van der Waals surface area contributed by atoms with E-state index in [1.807, 2.05) is 42.0 Å². The smallest absolute Gasteiger partial charge is 0.254 e. The number of imidazole rings is 1. The van der Waals surface area contributed by atoms with E-state index in [1.165, 1.54) is 0 Å². The highest BCUT2D eigenvalue weighted by molar-refractivity contribution is 7.71. The Morgan fingerprint density at radius 3 is 2.74 bits per heavy atom. The molecule has 0 radical (unpaired) electrons. The number of aromatic amines is 1. The average Bonchev–Trinajstić information content (AvgIpc) is 3.09. The van der Waals surface area contributed by atoms with Gasteiger partial charge in [-0.05, 0) is 36.8 Å². The summed E-state index contributed by atoms with van der Waals surface area (Å²) in [6.07, 6.45) is 7.08. The Kier molecular flexibility index (Phi) is 4.34. The van der Waals surface area contributed by atoms with Gasteiger partial charge in [-0.3, -0.25) is 4.79 Å². The van der Waals surface area contributed by atoms with Crippen LogP contribution in [-0.2, 0) is 0 Å². The summed E-state index contributed by atoms with van der Waals surface area (Å²) in [6, 6.07) is 11.3. The highest BCUT2D eigenvalue weighted by Crippen LogP contribution is 2.16. The number of hydrogen-bond donors (Lipinski definition) is 2. The van der Waals surface area contributed by atoms with Gasteiger partial charge < -0.3 is 14.9 Å². The topological polar surface area (TPSA) is 62.7 Å². The molecule has 0 aliphatic heterocycles. The number of hydrogen-bond acceptors (Lipinski definition) is 3. The van der Waals surface area contributed by atoms with Gasteiger partial charge in [-0.1, -0.05) is 24.4 Å². The van der Waals surface area contributed by atoms with Crippen molar-refractivity contribution in [3.63, 3.8) is 0 Å². The zero-order valence-corrected chi connectivity index (χ0v) is 13.4. The van der Waals surface area contributed by atoms with E-state index in [0.717, 1.165) is 11.3 Å². The first-order valence-corrected chi connectivity index (χ1v) is 7.63. The maximum atomic E-state index is 12.3. The molecule has 2 heterocycles. The summed E-state index contributed by atoms with van der Waals surface area (Å²) in [7, 11) is 0. The number of aromatic nitrogens is 3. The fourth-order valence-electron chi connectivity index (χ4n) is 2.31. The molecule has 0 spiro atoms. The Bertz CT molecular complexity index is 853. The van der Waals surface area contributed by atoms with E-state index < -0.39 is 0 Å². The van der Waals surface area contributed by atoms with E-state index in [1.54, 1.807) is 30.9 Å². The van der Waals surface area contributed by atoms with E-state index in [4.69, 9.17) is 12.2 Å². The number of nitrogens with one attached hydrogen (secondary N) is 2. The molecule has 6 heteroatoms. The van der Waals surface area contributed by atoms with Crippen molar-refractivity contribution in [3.8, 4) is 5.69 Å². The maximum absolute atomic E-state index is 12.3. The minimum absolute atomic E-state index is 0.117. The van der Waals surface area contributed by atoms with Crippen molar-refractivity contribution in [2.75, 3.05) is 0 Å². The number of carbonyl (C=O) groups excluding carboxylic acids is 1. The molecule has 0 saturated heterocycles. The summed E-state index contributed by atoms with van der Waals surface area (Å²) < 4.78 is 2.36. The second-order valence-corrected chi connectivity index (χ2v) is 5.58. The van der Waals surface area contributed by atoms with E-state index >= 15 is 0 Å². The fraction of sp³-hybridized carbons (Fsp3) is 0.118. The van der Waals surface area contributed by atoms with Gasteiger partial charge in [0, 0.05) is 24.3 Å². The molecule has 0 fully saturated rings. The second kappa shape index (κ2) is 6.58. The molecule has 0 aliphatic rings. The van der Waals surface area contributed by atoms with Crippen molar-refractivity contribution in [3.05, 3.63) is 77.1 Å². The van der Waals surface area contributed by atoms with Crippen LogP contribution >= 0.6 is 12.2 Å². The molecule has 2 N–H and O–H groups in total. The Hall–Kier alpha value is -2.73. The fourth-order valence-corrected chi connectivity index (χ4v) is 2.53. The Morgan fingerprint density at radius 1 is 1.30 bits per heavy atom. The quantitative estimate of drug-likeness (QED) is 0.723. The number of benzene rings is 1. The molecule has 2 aromatic heterocycles. The molecule has 1 atom stereocenters. The van der Waals surface area contributed by atoms with Crippen LogP contribution in [-0.4, -0.2) is 20.4 Å². The zero-order valence-electron chi connectivity index (χ0n) is 12.6. The second-order valence-electron chi connectivity index (χ2n) is 5.17. The maximum Gasteiger partial charge on any atom is 0.254 e. The molecule has 0 saturated carbocycles. The molecule has 0 aliphatic carbocycles. The van der Waals surface area contributed by atoms with Crippen LogP contribution in [0.1, 0.15) is 28.9 Å². The van der Waals surface area contributed by atoms with Crippen LogP contribution in [0.3, 0.4) is 0 Å². The van der Waals surface area contributed by atoms with E-state index in [0.29, 0.717) is 10.2 Å². The Morgan fingerprint density at radius 2 is 2.09 bits per heavy atom. The van der Waals surface area contributed by atoms with Crippen LogP contribution in [0.15, 0.2) is 61.3 Å². The van der Waals surface area contributed by atoms with Gasteiger partial charge in [0.05, 0.1) is 17.9 Å². The summed E-state index contributed by atoms with van der Waals surface area (Å²) in [6.45, 7) is 1.94. The Balaban J connectivity index is 1.73. The van der Waals surface area contributed by atoms with Gasteiger partial charge in [-0.15, -0.1) is 0 Å². The number of pyridine rings is 1. The number of rotatable bonds is 4. The van der Waals surface area contributed by atoms with E-state index in [2.05, 4.69) is 15.3 Å². The van der Waals surface area contributed by atoms with Crippen molar-refractivity contribution in [2.24, 2.45) is 0 Å². The van der Waals surface area contributed by atoms with Crippen LogP contribution in [0.25, 0.3) is 5.69 Å². The number of nitrogens with zero attached hydrogens (tertiary/aromatic N) is 2. The SMILES string of the molecule is C[C@@H](NC(=O)c1ccc[nH]c1=S)c1ccc(-n2ccnc2)cc1. The predicted molar refractivity (Wildman–Crippen MR) is 91.1 cm³/mol. The van der Waals surface area contributed by atoms with Crippen molar-refractivity contribution in [2.45, 2.75) is 13.0 Å². The first-order valence-electron chi connectivity index (χ1n) is 7.22. The lowest BCUT2D eigenvalue weighted by molar-refractivity contribution is 0.0939. The monoisotopic (exact) mass is 324 g/mol. The van der Waals surface area contributed by atoms with Gasteiger partial charge in [0.25, 0.3) is 5.91 Å². The molecular weight excluding hydrogens is 308 g/mol. The molecule has 3 aromatic rings. The lowest BCUT2D eigenvalue weighted by Gasteiger charge is -2.15. The average molecular weight is 324 g/mol. The van der Waals surface area contributed by atoms with Crippen LogP contribution in [0.4, 0.5) is 0 Å². The largest absolute Gasteiger partial charge is 0.352 e. The number of amides is 1. The van der Waals surface area contributed by atoms with Gasteiger partial charge in [-0.25, -0.2) is 4.98 Å². The van der Waals surface area contributed by atoms with Crippen molar-refractivity contribution >= 4 is 18.1 Å². The first kappa shape index (κ1) is 15.2. The van der Waals surface area contributed by atoms with Crippen LogP contribution < -0.4 is 5.32 Å². The number of H-pyrrole nitrogens is 1. The van der Waals surface area contributed by atoms with Gasteiger partial charge in [0.1, 0.15) is 4.64 Å². The van der Waals surface area contributed by atoms with Crippen molar-refractivity contribution in [1.82, 2.24) is 19.9 Å². The highest BCUT2D eigenvalue weighted by atomic mass is 32.1. The summed E-state index contributed by atoms with van der Waals surface area (Å²) in [5.74, 6) is -0.182. The lowest BCUT2D eigenvalue weighted by Crippen LogP contribution is -2.27. The van der Waals surface area contributed by atoms with Crippen LogP contribution in [0.2, 0.25) is 0 Å². The molecule has 3 rings (SSSR count). The van der Waals surface area contributed by atoms with Crippen molar-refractivity contribution < 1.29 is 4.79 Å². The van der Waals surface area contributed by atoms with E-state index in [-0.39, 0.29) is 11.9 Å². The Labute approximate surface area is 139 Å². The third-order valence-corrected chi connectivity index (χ3v) is 3.94. The number of carbonyl (C=O) groups is 1. The molecular formula is C17H16N4OS. The summed E-state index contributed by atoms with van der Waals surface area (Å²) >= 11 is 5.14. The normalized spacial score (nSPS) is 11.9. The summed E-state index contributed by atoms with van der Waals surface area (Å²) in [5.41, 5.74) is 2.52. The minimum Gasteiger partial charge on any atom is -0.352 e.